The topological polar surface area (TPSA) is 158 Å². The van der Waals surface area contributed by atoms with Gasteiger partial charge in [0.25, 0.3) is 0 Å². The fourth-order valence-corrected chi connectivity index (χ4v) is 0.464. The first-order chi connectivity index (χ1) is 7.59. The molecule has 0 rings (SSSR count). The average molecular weight is 249 g/mol. The molecule has 98 valence electrons. The molecular weight excluding hydrogens is 234 g/mol. The van der Waals surface area contributed by atoms with Crippen molar-refractivity contribution in [2.75, 3.05) is 0 Å². The van der Waals surface area contributed by atoms with E-state index in [1.165, 1.54) is 6.92 Å². The molecular formula is C9H15NO7. The molecule has 8 heteroatoms. The number of carboxylic acids is 3. The van der Waals surface area contributed by atoms with Crippen LogP contribution in [0.5, 0.6) is 0 Å². The highest BCUT2D eigenvalue weighted by molar-refractivity contribution is 5.91. The number of carboxylic acid groups (broad SMARTS) is 3. The molecule has 17 heavy (non-hydrogen) atoms. The summed E-state index contributed by atoms with van der Waals surface area (Å²) in [6, 6.07) is -1.16. The first-order valence-electron chi connectivity index (χ1n) is 4.38. The standard InChI is InChI=1S/C5H6O4.C4H9NO3/c1-3(5(8)9)2-4(6)7;1-2(6)3(5)4(7)8/h1-2H2,(H,6,7)(H,8,9);2-3,6H,5H2,1H3,(H,7,8)/t;2-,3+/m.1/s1. The van der Waals surface area contributed by atoms with Gasteiger partial charge in [0.1, 0.15) is 6.04 Å². The Labute approximate surface area is 97.0 Å². The number of carbonyl (C=O) groups is 3. The van der Waals surface area contributed by atoms with Crippen molar-refractivity contribution < 1.29 is 34.8 Å². The van der Waals surface area contributed by atoms with Crippen LogP contribution < -0.4 is 5.73 Å². The normalized spacial score (nSPS) is 12.6. The molecule has 2 atom stereocenters. The van der Waals surface area contributed by atoms with Crippen LogP contribution in [-0.2, 0) is 14.4 Å². The van der Waals surface area contributed by atoms with E-state index >= 15 is 0 Å². The molecule has 0 unspecified atom stereocenters. The lowest BCUT2D eigenvalue weighted by atomic mass is 10.2. The number of aliphatic hydroxyl groups excluding tert-OH is 1. The van der Waals surface area contributed by atoms with E-state index in [1.807, 2.05) is 0 Å². The van der Waals surface area contributed by atoms with Crippen LogP contribution in [0.25, 0.3) is 0 Å². The smallest absolute Gasteiger partial charge is 0.331 e. The highest BCUT2D eigenvalue weighted by atomic mass is 16.4. The fourth-order valence-electron chi connectivity index (χ4n) is 0.464. The van der Waals surface area contributed by atoms with Gasteiger partial charge in [-0.15, -0.1) is 0 Å². The van der Waals surface area contributed by atoms with Gasteiger partial charge in [-0.2, -0.15) is 0 Å². The molecule has 0 amide bonds. The summed E-state index contributed by atoms with van der Waals surface area (Å²) in [5.74, 6) is -3.63. The van der Waals surface area contributed by atoms with Crippen LogP contribution >= 0.6 is 0 Å². The Hall–Kier alpha value is -1.93. The minimum absolute atomic E-state index is 0.303. The maximum Gasteiger partial charge on any atom is 0.331 e. The van der Waals surface area contributed by atoms with Crippen LogP contribution in [0.4, 0.5) is 0 Å². The lowest BCUT2D eigenvalue weighted by Gasteiger charge is -2.06. The van der Waals surface area contributed by atoms with Crippen molar-refractivity contribution >= 4 is 17.9 Å². The zero-order chi connectivity index (χ0) is 14.2. The van der Waals surface area contributed by atoms with Crippen molar-refractivity contribution in [3.05, 3.63) is 12.2 Å². The summed E-state index contributed by atoms with van der Waals surface area (Å²) in [5.41, 5.74) is 4.61. The van der Waals surface area contributed by atoms with Crippen molar-refractivity contribution in [3.8, 4) is 0 Å². The van der Waals surface area contributed by atoms with Gasteiger partial charge >= 0.3 is 17.9 Å². The van der Waals surface area contributed by atoms with Gasteiger partial charge in [-0.1, -0.05) is 6.58 Å². The van der Waals surface area contributed by atoms with E-state index < -0.39 is 36.5 Å². The van der Waals surface area contributed by atoms with Gasteiger partial charge in [0.15, 0.2) is 0 Å². The van der Waals surface area contributed by atoms with E-state index in [0.29, 0.717) is 0 Å². The summed E-state index contributed by atoms with van der Waals surface area (Å²) in [6.45, 7) is 4.35. The largest absolute Gasteiger partial charge is 0.481 e. The summed E-state index contributed by atoms with van der Waals surface area (Å²) >= 11 is 0. The molecule has 0 aliphatic rings. The second-order valence-electron chi connectivity index (χ2n) is 3.08. The number of aliphatic hydroxyl groups is 1. The van der Waals surface area contributed by atoms with Crippen molar-refractivity contribution in [3.63, 3.8) is 0 Å². The van der Waals surface area contributed by atoms with E-state index in [1.54, 1.807) is 0 Å². The molecule has 0 bridgehead atoms. The van der Waals surface area contributed by atoms with Crippen LogP contribution in [0.2, 0.25) is 0 Å². The fraction of sp³-hybridized carbons (Fsp3) is 0.444. The lowest BCUT2D eigenvalue weighted by molar-refractivity contribution is -0.141. The predicted molar refractivity (Wildman–Crippen MR) is 56.3 cm³/mol. The maximum absolute atomic E-state index is 9.87. The van der Waals surface area contributed by atoms with Gasteiger partial charge in [-0.3, -0.25) is 9.59 Å². The van der Waals surface area contributed by atoms with Gasteiger partial charge in [0, 0.05) is 5.57 Å². The van der Waals surface area contributed by atoms with Crippen LogP contribution in [0.1, 0.15) is 13.3 Å². The maximum atomic E-state index is 9.87. The summed E-state index contributed by atoms with van der Waals surface area (Å²) in [7, 11) is 0. The van der Waals surface area contributed by atoms with Crippen LogP contribution in [0.3, 0.4) is 0 Å². The van der Waals surface area contributed by atoms with E-state index in [4.69, 9.17) is 26.2 Å². The van der Waals surface area contributed by atoms with E-state index in [2.05, 4.69) is 6.58 Å². The summed E-state index contributed by atoms with van der Waals surface area (Å²) in [6.07, 6.45) is -1.48. The van der Waals surface area contributed by atoms with E-state index in [0.717, 1.165) is 0 Å². The SMILES string of the molecule is C=C(CC(=O)O)C(=O)O.C[C@@H](O)[C@H](N)C(=O)O. The number of nitrogens with two attached hydrogens (primary N) is 1. The molecule has 0 aromatic carbocycles. The number of hydrogen-bond donors (Lipinski definition) is 5. The van der Waals surface area contributed by atoms with E-state index in [9.17, 15) is 14.4 Å². The molecule has 0 aliphatic carbocycles. The van der Waals surface area contributed by atoms with E-state index in [-0.39, 0.29) is 5.57 Å². The third-order valence-electron chi connectivity index (χ3n) is 1.47. The minimum Gasteiger partial charge on any atom is -0.481 e. The summed E-state index contributed by atoms with van der Waals surface area (Å²) in [4.78, 5) is 29.5. The second kappa shape index (κ2) is 8.25. The molecule has 0 aromatic heterocycles. The highest BCUT2D eigenvalue weighted by Crippen LogP contribution is 1.95. The molecule has 0 radical (unpaired) electrons. The van der Waals surface area contributed by atoms with Crippen LogP contribution in [-0.4, -0.2) is 50.5 Å². The van der Waals surface area contributed by atoms with Crippen LogP contribution in [0, 0.1) is 0 Å². The Morgan fingerprint density at radius 3 is 1.71 bits per heavy atom. The molecule has 6 N–H and O–H groups in total. The monoisotopic (exact) mass is 249 g/mol. The third kappa shape index (κ3) is 10.4. The van der Waals surface area contributed by atoms with Gasteiger partial charge in [-0.25, -0.2) is 4.79 Å². The van der Waals surface area contributed by atoms with Gasteiger partial charge in [0.05, 0.1) is 12.5 Å². The van der Waals surface area contributed by atoms with Crippen molar-refractivity contribution in [2.24, 2.45) is 5.73 Å². The predicted octanol–water partition coefficient (Wildman–Crippen LogP) is -1.12. The highest BCUT2D eigenvalue weighted by Gasteiger charge is 2.16. The Morgan fingerprint density at radius 1 is 1.24 bits per heavy atom. The summed E-state index contributed by atoms with van der Waals surface area (Å²) in [5, 5.41) is 32.6. The first-order valence-corrected chi connectivity index (χ1v) is 4.38. The molecule has 8 nitrogen and oxygen atoms in total. The van der Waals surface area contributed by atoms with Gasteiger partial charge in [-0.05, 0) is 6.92 Å². The zero-order valence-corrected chi connectivity index (χ0v) is 9.16. The second-order valence-corrected chi connectivity index (χ2v) is 3.08. The first kappa shape index (κ1) is 17.5. The van der Waals surface area contributed by atoms with Crippen molar-refractivity contribution in [1.82, 2.24) is 0 Å². The quantitative estimate of drug-likeness (QED) is 0.383. The molecule has 0 fully saturated rings. The molecule has 0 heterocycles. The van der Waals surface area contributed by atoms with Gasteiger partial charge in [0.2, 0.25) is 0 Å². The third-order valence-corrected chi connectivity index (χ3v) is 1.47. The Morgan fingerprint density at radius 2 is 1.65 bits per heavy atom. The summed E-state index contributed by atoms with van der Waals surface area (Å²) < 4.78 is 0. The number of hydrogen-bond acceptors (Lipinski definition) is 5. The minimum atomic E-state index is -1.27. The Kier molecular flexibility index (Phi) is 8.47. The Bertz CT molecular complexity index is 310. The van der Waals surface area contributed by atoms with Crippen molar-refractivity contribution in [1.29, 1.82) is 0 Å². The molecule has 0 saturated heterocycles. The van der Waals surface area contributed by atoms with Crippen molar-refractivity contribution in [2.45, 2.75) is 25.5 Å². The molecule has 0 spiro atoms. The Balaban J connectivity index is 0. The molecule has 0 aliphatic heterocycles. The number of aliphatic carboxylic acids is 3. The number of rotatable bonds is 5. The van der Waals surface area contributed by atoms with Gasteiger partial charge < -0.3 is 26.2 Å². The van der Waals surface area contributed by atoms with Crippen LogP contribution in [0.15, 0.2) is 12.2 Å². The lowest BCUT2D eigenvalue weighted by Crippen LogP contribution is -2.39. The molecule has 0 aromatic rings. The zero-order valence-electron chi connectivity index (χ0n) is 9.16. The molecule has 0 saturated carbocycles. The average Bonchev–Trinajstić information content (AvgIpc) is 2.15.